The number of aromatic nitrogens is 3. The number of halogens is 1. The molecule has 7 heteroatoms. The van der Waals surface area contributed by atoms with Gasteiger partial charge in [-0.2, -0.15) is 10.2 Å². The Bertz CT molecular complexity index is 1060. The maximum atomic E-state index is 9.69. The number of aryl methyl sites for hydroxylation is 2. The summed E-state index contributed by atoms with van der Waals surface area (Å²) in [5, 5.41) is 10.6. The highest BCUT2D eigenvalue weighted by Crippen LogP contribution is 2.33. The van der Waals surface area contributed by atoms with Crippen molar-refractivity contribution in [1.29, 1.82) is 5.26 Å². The molecule has 0 radical (unpaired) electrons. The Morgan fingerprint density at radius 2 is 1.96 bits per heavy atom. The van der Waals surface area contributed by atoms with Crippen LogP contribution in [0.4, 0.5) is 0 Å². The van der Waals surface area contributed by atoms with Crippen molar-refractivity contribution in [2.24, 2.45) is 0 Å². The fourth-order valence-electron chi connectivity index (χ4n) is 3.16. The van der Waals surface area contributed by atoms with Crippen molar-refractivity contribution >= 4 is 30.7 Å². The van der Waals surface area contributed by atoms with Crippen molar-refractivity contribution in [3.05, 3.63) is 46.4 Å². The van der Waals surface area contributed by atoms with Gasteiger partial charge in [0.1, 0.15) is 18.4 Å². The summed E-state index contributed by atoms with van der Waals surface area (Å²) in [7, 11) is -1.16. The zero-order chi connectivity index (χ0) is 20.5. The minimum Gasteiger partial charge on any atom is -0.361 e. The van der Waals surface area contributed by atoms with E-state index in [1.54, 1.807) is 6.20 Å². The molecule has 5 nitrogen and oxygen atoms in total. The third-order valence-corrected chi connectivity index (χ3v) is 6.55. The third kappa shape index (κ3) is 4.44. The first-order valence-electron chi connectivity index (χ1n) is 9.31. The van der Waals surface area contributed by atoms with Crippen LogP contribution in [0.25, 0.3) is 22.3 Å². The van der Waals surface area contributed by atoms with Crippen LogP contribution in [-0.2, 0) is 11.5 Å². The zero-order valence-corrected chi connectivity index (χ0v) is 18.8. The second kappa shape index (κ2) is 8.04. The Morgan fingerprint density at radius 3 is 2.61 bits per heavy atom. The van der Waals surface area contributed by atoms with Crippen molar-refractivity contribution in [3.63, 3.8) is 0 Å². The predicted molar refractivity (Wildman–Crippen MR) is 116 cm³/mol. The summed E-state index contributed by atoms with van der Waals surface area (Å²) >= 11 is 6.25. The number of benzene rings is 1. The highest BCUT2D eigenvalue weighted by atomic mass is 35.5. The smallest absolute Gasteiger partial charge is 0.224 e. The highest BCUT2D eigenvalue weighted by molar-refractivity contribution is 6.76. The van der Waals surface area contributed by atoms with Gasteiger partial charge in [-0.25, -0.2) is 4.98 Å². The number of hydrogen-bond acceptors (Lipinski definition) is 4. The Labute approximate surface area is 172 Å². The molecular weight excluding hydrogens is 388 g/mol. The summed E-state index contributed by atoms with van der Waals surface area (Å²) < 4.78 is 7.72. The molecular formula is C21H25ClN4OSi. The first-order valence-corrected chi connectivity index (χ1v) is 13.4. The predicted octanol–water partition coefficient (Wildman–Crippen LogP) is 5.55. The molecule has 0 spiro atoms. The molecule has 0 saturated heterocycles. The molecule has 1 aromatic carbocycles. The van der Waals surface area contributed by atoms with Crippen LogP contribution in [0.15, 0.2) is 24.4 Å². The van der Waals surface area contributed by atoms with Crippen molar-refractivity contribution in [2.75, 3.05) is 6.61 Å². The Balaban J connectivity index is 2.05. The number of fused-ring (bicyclic) bond motifs is 1. The summed E-state index contributed by atoms with van der Waals surface area (Å²) in [4.78, 5) is 8.87. The van der Waals surface area contributed by atoms with Gasteiger partial charge in [0.2, 0.25) is 5.28 Å². The first-order chi connectivity index (χ1) is 13.2. The summed E-state index contributed by atoms with van der Waals surface area (Å²) in [6.45, 7) is 12.1. The summed E-state index contributed by atoms with van der Waals surface area (Å²) in [6.07, 6.45) is 1.78. The number of hydrogen-bond donors (Lipinski definition) is 0. The van der Waals surface area contributed by atoms with Gasteiger partial charge >= 0.3 is 0 Å². The number of nitrogens with zero attached hydrogens (tertiary/aromatic N) is 4. The van der Waals surface area contributed by atoms with Crippen LogP contribution in [0.5, 0.6) is 0 Å². The van der Waals surface area contributed by atoms with Crippen LogP contribution in [0, 0.1) is 25.2 Å². The normalized spacial score (nSPS) is 11.8. The van der Waals surface area contributed by atoms with E-state index in [0.29, 0.717) is 35.6 Å². The van der Waals surface area contributed by atoms with Crippen molar-refractivity contribution in [2.45, 2.75) is 46.3 Å². The molecule has 0 aliphatic carbocycles. The summed E-state index contributed by atoms with van der Waals surface area (Å²) in [5.74, 6) is 0. The molecule has 0 aliphatic rings. The van der Waals surface area contributed by atoms with Gasteiger partial charge in [-0.1, -0.05) is 43.4 Å². The van der Waals surface area contributed by atoms with Crippen molar-refractivity contribution in [3.8, 4) is 17.3 Å². The lowest BCUT2D eigenvalue weighted by atomic mass is 10.00. The molecule has 0 saturated carbocycles. The summed E-state index contributed by atoms with van der Waals surface area (Å²) in [6, 6.07) is 9.51. The topological polar surface area (TPSA) is 63.7 Å². The van der Waals surface area contributed by atoms with Crippen LogP contribution >= 0.6 is 11.6 Å². The molecule has 2 heterocycles. The molecule has 0 aliphatic heterocycles. The Morgan fingerprint density at radius 1 is 1.21 bits per heavy atom. The number of ether oxygens (including phenoxy) is 1. The largest absolute Gasteiger partial charge is 0.361 e. The lowest BCUT2D eigenvalue weighted by Gasteiger charge is -2.15. The molecule has 2 aromatic heterocycles. The van der Waals surface area contributed by atoms with Gasteiger partial charge in [0.25, 0.3) is 0 Å². The molecule has 3 rings (SSSR count). The Kier molecular flexibility index (Phi) is 5.89. The second-order valence-electron chi connectivity index (χ2n) is 8.33. The van der Waals surface area contributed by atoms with Gasteiger partial charge in [0.05, 0.1) is 16.6 Å². The molecule has 3 aromatic rings. The van der Waals surface area contributed by atoms with Crippen LogP contribution in [0.3, 0.4) is 0 Å². The molecule has 0 N–H and O–H groups in total. The highest BCUT2D eigenvalue weighted by Gasteiger charge is 2.19. The van der Waals surface area contributed by atoms with Crippen LogP contribution in [-0.4, -0.2) is 29.2 Å². The fraction of sp³-hybridized carbons (Fsp3) is 0.381. The SMILES string of the molecule is Cc1ccc(-c2nc(Cl)nc3c2c(C#N)cn3COCC[Si](C)(C)C)c(C)c1. The zero-order valence-electron chi connectivity index (χ0n) is 17.0. The fourth-order valence-corrected chi connectivity index (χ4v) is 4.08. The average molecular weight is 413 g/mol. The molecule has 0 unspecified atom stereocenters. The molecule has 0 amide bonds. The van der Waals surface area contributed by atoms with Crippen molar-refractivity contribution in [1.82, 2.24) is 14.5 Å². The number of nitriles is 1. The van der Waals surface area contributed by atoms with E-state index in [9.17, 15) is 5.26 Å². The molecule has 0 bridgehead atoms. The quantitative estimate of drug-likeness (QED) is 0.302. The van der Waals surface area contributed by atoms with Crippen LogP contribution in [0.1, 0.15) is 16.7 Å². The van der Waals surface area contributed by atoms with Gasteiger partial charge in [-0.15, -0.1) is 0 Å². The lowest BCUT2D eigenvalue weighted by Crippen LogP contribution is -2.22. The molecule has 0 atom stereocenters. The van der Waals surface area contributed by atoms with E-state index in [-0.39, 0.29) is 5.28 Å². The van der Waals surface area contributed by atoms with E-state index < -0.39 is 8.07 Å². The lowest BCUT2D eigenvalue weighted by molar-refractivity contribution is 0.0898. The van der Waals surface area contributed by atoms with Gasteiger partial charge < -0.3 is 9.30 Å². The van der Waals surface area contributed by atoms with Gasteiger partial charge in [0.15, 0.2) is 0 Å². The summed E-state index contributed by atoms with van der Waals surface area (Å²) in [5.41, 5.74) is 5.04. The third-order valence-electron chi connectivity index (χ3n) is 4.67. The second-order valence-corrected chi connectivity index (χ2v) is 14.3. The van der Waals surface area contributed by atoms with Crippen LogP contribution in [0.2, 0.25) is 31.0 Å². The minimum absolute atomic E-state index is 0.161. The van der Waals surface area contributed by atoms with Gasteiger partial charge in [-0.3, -0.25) is 0 Å². The minimum atomic E-state index is -1.16. The maximum Gasteiger partial charge on any atom is 0.224 e. The van der Waals surface area contributed by atoms with E-state index in [4.69, 9.17) is 16.3 Å². The van der Waals surface area contributed by atoms with E-state index in [1.165, 1.54) is 5.56 Å². The molecule has 146 valence electrons. The van der Waals surface area contributed by atoms with E-state index >= 15 is 0 Å². The van der Waals surface area contributed by atoms with Crippen LogP contribution < -0.4 is 0 Å². The van der Waals surface area contributed by atoms with E-state index in [2.05, 4.69) is 41.7 Å². The average Bonchev–Trinajstić information content (AvgIpc) is 2.95. The standard InChI is InChI=1S/C21H25ClN4OSi/c1-14-6-7-17(15(2)10-14)19-18-16(11-23)12-26(20(18)25-21(22)24-19)13-27-8-9-28(3,4)5/h6-7,10,12H,8-9,13H2,1-5H3. The molecule has 0 fully saturated rings. The van der Waals surface area contributed by atoms with Crippen molar-refractivity contribution < 1.29 is 4.74 Å². The first kappa shape index (κ1) is 20.5. The van der Waals surface area contributed by atoms with E-state index in [0.717, 1.165) is 17.2 Å². The number of rotatable bonds is 6. The Hall–Kier alpha value is -2.20. The maximum absolute atomic E-state index is 9.69. The molecule has 28 heavy (non-hydrogen) atoms. The monoisotopic (exact) mass is 412 g/mol. The van der Waals surface area contributed by atoms with Gasteiger partial charge in [0, 0.05) is 26.4 Å². The van der Waals surface area contributed by atoms with E-state index in [1.807, 2.05) is 30.5 Å². The van der Waals surface area contributed by atoms with Gasteiger partial charge in [-0.05, 0) is 37.1 Å².